The fourth-order valence-corrected chi connectivity index (χ4v) is 1.95. The van der Waals surface area contributed by atoms with Gasteiger partial charge in [0.25, 0.3) is 0 Å². The predicted octanol–water partition coefficient (Wildman–Crippen LogP) is 1.84. The van der Waals surface area contributed by atoms with Gasteiger partial charge in [0.15, 0.2) is 5.96 Å². The van der Waals surface area contributed by atoms with E-state index in [9.17, 15) is 4.79 Å². The average Bonchev–Trinajstić information content (AvgIpc) is 3.31. The molecule has 0 aromatic heterocycles. The fourth-order valence-electron chi connectivity index (χ4n) is 1.95. The van der Waals surface area contributed by atoms with E-state index >= 15 is 0 Å². The lowest BCUT2D eigenvalue weighted by Crippen LogP contribution is -2.41. The maximum Gasteiger partial charge on any atom is 0.223 e. The molecular formula is C16H25IN4O. The van der Waals surface area contributed by atoms with Crippen LogP contribution in [-0.4, -0.2) is 44.0 Å². The normalized spacial score (nSPS) is 14.0. The van der Waals surface area contributed by atoms with Crippen molar-refractivity contribution >= 4 is 35.8 Å². The van der Waals surface area contributed by atoms with Gasteiger partial charge in [-0.05, 0) is 18.4 Å². The van der Waals surface area contributed by atoms with Crippen LogP contribution in [0.3, 0.4) is 0 Å². The van der Waals surface area contributed by atoms with Crippen LogP contribution in [0.4, 0.5) is 0 Å². The van der Waals surface area contributed by atoms with Crippen molar-refractivity contribution in [3.8, 4) is 0 Å². The molecule has 0 saturated heterocycles. The first-order valence-corrected chi connectivity index (χ1v) is 7.44. The Labute approximate surface area is 149 Å². The fraction of sp³-hybridized carbons (Fsp3) is 0.500. The lowest BCUT2D eigenvalue weighted by molar-refractivity contribution is -0.122. The summed E-state index contributed by atoms with van der Waals surface area (Å²) in [5.41, 5.74) is 1.18. The van der Waals surface area contributed by atoms with Gasteiger partial charge in [-0.2, -0.15) is 0 Å². The number of nitrogens with zero attached hydrogens (tertiary/aromatic N) is 2. The quantitative estimate of drug-likeness (QED) is 0.322. The number of carbonyl (C=O) groups is 1. The number of amides is 1. The van der Waals surface area contributed by atoms with Gasteiger partial charge in [-0.25, -0.2) is 4.99 Å². The monoisotopic (exact) mass is 416 g/mol. The lowest BCUT2D eigenvalue weighted by atomic mass is 10.2. The lowest BCUT2D eigenvalue weighted by Gasteiger charge is -2.18. The van der Waals surface area contributed by atoms with E-state index in [1.807, 2.05) is 37.2 Å². The van der Waals surface area contributed by atoms with Gasteiger partial charge in [0.1, 0.15) is 0 Å². The van der Waals surface area contributed by atoms with Gasteiger partial charge in [0, 0.05) is 33.1 Å². The number of nitrogens with one attached hydrogen (secondary N) is 2. The van der Waals surface area contributed by atoms with Gasteiger partial charge in [-0.3, -0.25) is 4.79 Å². The zero-order valence-electron chi connectivity index (χ0n) is 13.2. The Morgan fingerprint density at radius 2 is 1.82 bits per heavy atom. The summed E-state index contributed by atoms with van der Waals surface area (Å²) >= 11 is 0. The standard InChI is InChI=1S/C16H24N4O.HI/c1-20(2)16(19-12-13-6-4-3-5-7-13)18-11-10-17-15(21)14-8-9-14;/h3-7,14H,8-12H2,1-2H3,(H,17,21)(H,18,19);1H. The second-order valence-electron chi connectivity index (χ2n) is 5.51. The van der Waals surface area contributed by atoms with Crippen molar-refractivity contribution in [1.82, 2.24) is 15.5 Å². The van der Waals surface area contributed by atoms with Crippen LogP contribution in [0.15, 0.2) is 35.3 Å². The van der Waals surface area contributed by atoms with Gasteiger partial charge in [-0.1, -0.05) is 30.3 Å². The van der Waals surface area contributed by atoms with Crippen LogP contribution in [0.25, 0.3) is 0 Å². The minimum Gasteiger partial charge on any atom is -0.354 e. The Bertz CT molecular complexity index is 486. The molecule has 122 valence electrons. The highest BCUT2D eigenvalue weighted by Crippen LogP contribution is 2.28. The van der Waals surface area contributed by atoms with Gasteiger partial charge in [0.2, 0.25) is 5.91 Å². The third kappa shape index (κ3) is 6.64. The average molecular weight is 416 g/mol. The summed E-state index contributed by atoms with van der Waals surface area (Å²) in [4.78, 5) is 18.0. The van der Waals surface area contributed by atoms with Gasteiger partial charge < -0.3 is 15.5 Å². The summed E-state index contributed by atoms with van der Waals surface area (Å²) in [6.07, 6.45) is 2.08. The van der Waals surface area contributed by atoms with E-state index in [-0.39, 0.29) is 35.8 Å². The molecular weight excluding hydrogens is 391 g/mol. The topological polar surface area (TPSA) is 56.7 Å². The Morgan fingerprint density at radius 3 is 2.41 bits per heavy atom. The van der Waals surface area contributed by atoms with Crippen LogP contribution in [0.1, 0.15) is 18.4 Å². The first-order valence-electron chi connectivity index (χ1n) is 7.44. The zero-order chi connectivity index (χ0) is 15.1. The first-order chi connectivity index (χ1) is 10.2. The Kier molecular flexibility index (Phi) is 8.22. The number of carbonyl (C=O) groups excluding carboxylic acids is 1. The molecule has 0 radical (unpaired) electrons. The number of rotatable bonds is 6. The van der Waals surface area contributed by atoms with Crippen LogP contribution in [0.5, 0.6) is 0 Å². The molecule has 1 aliphatic carbocycles. The van der Waals surface area contributed by atoms with Gasteiger partial charge >= 0.3 is 0 Å². The van der Waals surface area contributed by atoms with Crippen LogP contribution in [0, 0.1) is 5.92 Å². The van der Waals surface area contributed by atoms with Crippen LogP contribution < -0.4 is 10.6 Å². The number of guanidine groups is 1. The van der Waals surface area contributed by atoms with Crippen molar-refractivity contribution in [3.63, 3.8) is 0 Å². The largest absolute Gasteiger partial charge is 0.354 e. The molecule has 0 spiro atoms. The molecule has 1 aliphatic rings. The highest BCUT2D eigenvalue weighted by molar-refractivity contribution is 14.0. The summed E-state index contributed by atoms with van der Waals surface area (Å²) in [7, 11) is 3.92. The minimum absolute atomic E-state index is 0. The van der Waals surface area contributed by atoms with Crippen LogP contribution in [-0.2, 0) is 11.3 Å². The molecule has 1 amide bonds. The van der Waals surface area contributed by atoms with Crippen molar-refractivity contribution < 1.29 is 4.79 Å². The van der Waals surface area contributed by atoms with E-state index in [1.54, 1.807) is 0 Å². The molecule has 22 heavy (non-hydrogen) atoms. The van der Waals surface area contributed by atoms with E-state index in [4.69, 9.17) is 0 Å². The number of hydrogen-bond donors (Lipinski definition) is 2. The molecule has 2 rings (SSSR count). The van der Waals surface area contributed by atoms with Crippen LogP contribution in [0.2, 0.25) is 0 Å². The van der Waals surface area contributed by atoms with Gasteiger partial charge in [0.05, 0.1) is 6.54 Å². The molecule has 0 aliphatic heterocycles. The van der Waals surface area contributed by atoms with Crippen LogP contribution >= 0.6 is 24.0 Å². The molecule has 0 atom stereocenters. The smallest absolute Gasteiger partial charge is 0.223 e. The summed E-state index contributed by atoms with van der Waals surface area (Å²) in [5, 5.41) is 6.20. The number of aliphatic imine (C=N–C) groups is 1. The highest BCUT2D eigenvalue weighted by atomic mass is 127. The maximum absolute atomic E-state index is 11.5. The maximum atomic E-state index is 11.5. The molecule has 1 fully saturated rings. The number of hydrogen-bond acceptors (Lipinski definition) is 2. The molecule has 1 saturated carbocycles. The molecule has 1 aromatic rings. The van der Waals surface area contributed by atoms with Crippen molar-refractivity contribution in [2.75, 3.05) is 27.2 Å². The van der Waals surface area contributed by atoms with E-state index in [1.165, 1.54) is 5.56 Å². The second kappa shape index (κ2) is 9.66. The minimum atomic E-state index is 0. The number of halogens is 1. The summed E-state index contributed by atoms with van der Waals surface area (Å²) < 4.78 is 0. The molecule has 6 heteroatoms. The summed E-state index contributed by atoms with van der Waals surface area (Å²) in [5.74, 6) is 1.29. The first kappa shape index (κ1) is 18.7. The Balaban J connectivity index is 0.00000242. The van der Waals surface area contributed by atoms with Crippen molar-refractivity contribution in [2.45, 2.75) is 19.4 Å². The second-order valence-corrected chi connectivity index (χ2v) is 5.51. The Morgan fingerprint density at radius 1 is 1.18 bits per heavy atom. The van der Waals surface area contributed by atoms with E-state index in [0.29, 0.717) is 19.6 Å². The van der Waals surface area contributed by atoms with Crippen molar-refractivity contribution in [2.24, 2.45) is 10.9 Å². The van der Waals surface area contributed by atoms with Gasteiger partial charge in [-0.15, -0.1) is 24.0 Å². The highest BCUT2D eigenvalue weighted by Gasteiger charge is 2.28. The van der Waals surface area contributed by atoms with Crippen molar-refractivity contribution in [3.05, 3.63) is 35.9 Å². The molecule has 5 nitrogen and oxygen atoms in total. The summed E-state index contributed by atoms with van der Waals surface area (Å²) in [6, 6.07) is 10.2. The van der Waals surface area contributed by atoms with E-state index in [2.05, 4.69) is 27.8 Å². The molecule has 1 aromatic carbocycles. The van der Waals surface area contributed by atoms with E-state index < -0.39 is 0 Å². The van der Waals surface area contributed by atoms with E-state index in [0.717, 1.165) is 18.8 Å². The SMILES string of the molecule is CN(C)C(=NCc1ccccc1)NCCNC(=O)C1CC1.I. The third-order valence-electron chi connectivity index (χ3n) is 3.33. The summed E-state index contributed by atoms with van der Waals surface area (Å²) in [6.45, 7) is 1.97. The Hall–Kier alpha value is -1.31. The molecule has 0 bridgehead atoms. The third-order valence-corrected chi connectivity index (χ3v) is 3.33. The molecule has 2 N–H and O–H groups in total. The number of benzene rings is 1. The van der Waals surface area contributed by atoms with Crippen molar-refractivity contribution in [1.29, 1.82) is 0 Å². The molecule has 0 heterocycles. The molecule has 0 unspecified atom stereocenters. The predicted molar refractivity (Wildman–Crippen MR) is 100 cm³/mol. The zero-order valence-corrected chi connectivity index (χ0v) is 15.5.